The maximum Gasteiger partial charge on any atom is 0.255 e. The average Bonchev–Trinajstić information content (AvgIpc) is 2.68. The van der Waals surface area contributed by atoms with Crippen LogP contribution < -0.4 is 16.2 Å². The summed E-state index contributed by atoms with van der Waals surface area (Å²) in [5, 5.41) is 0. The fraction of sp³-hybridized carbons (Fsp3) is 0.583. The zero-order chi connectivity index (χ0) is 12.7. The molecule has 1 aromatic rings. The third kappa shape index (κ3) is 1.82. The summed E-state index contributed by atoms with van der Waals surface area (Å²) in [6.07, 6.45) is 4.01. The van der Waals surface area contributed by atoms with E-state index in [2.05, 4.69) is 9.97 Å². The monoisotopic (exact) mass is 248 g/mol. The van der Waals surface area contributed by atoms with Gasteiger partial charge in [0.05, 0.1) is 5.69 Å². The van der Waals surface area contributed by atoms with Crippen molar-refractivity contribution in [2.24, 2.45) is 5.73 Å². The molecule has 1 amide bonds. The highest BCUT2D eigenvalue weighted by molar-refractivity contribution is 5.94. The Morgan fingerprint density at radius 2 is 2.06 bits per heavy atom. The molecule has 2 aliphatic rings. The van der Waals surface area contributed by atoms with Crippen molar-refractivity contribution in [3.8, 4) is 0 Å². The maximum atomic E-state index is 12.0. The molecule has 3 rings (SSSR count). The van der Waals surface area contributed by atoms with Gasteiger partial charge in [-0.15, -0.1) is 0 Å². The maximum absolute atomic E-state index is 12.0. The van der Waals surface area contributed by atoms with Gasteiger partial charge in [0.2, 0.25) is 11.9 Å². The molecule has 0 aromatic carbocycles. The molecule has 0 bridgehead atoms. The number of aryl methyl sites for hydroxylation is 1. The molecular formula is C12H16N4O2. The Labute approximate surface area is 104 Å². The number of carbonyl (C=O) groups is 1. The van der Waals surface area contributed by atoms with Gasteiger partial charge in [-0.2, -0.15) is 0 Å². The fourth-order valence-electron chi connectivity index (χ4n) is 2.66. The first-order valence-corrected chi connectivity index (χ1v) is 6.33. The van der Waals surface area contributed by atoms with Gasteiger partial charge in [0, 0.05) is 24.6 Å². The lowest BCUT2D eigenvalue weighted by molar-refractivity contribution is -0.117. The largest absolute Gasteiger partial charge is 0.326 e. The topological polar surface area (TPSA) is 92.1 Å². The molecule has 1 fully saturated rings. The van der Waals surface area contributed by atoms with Crippen LogP contribution in [0.15, 0.2) is 4.79 Å². The third-order valence-electron chi connectivity index (χ3n) is 3.59. The lowest BCUT2D eigenvalue weighted by atomic mass is 9.97. The van der Waals surface area contributed by atoms with Crippen LogP contribution in [0.2, 0.25) is 0 Å². The quantitative estimate of drug-likeness (QED) is 0.714. The van der Waals surface area contributed by atoms with Crippen LogP contribution in [0.5, 0.6) is 0 Å². The van der Waals surface area contributed by atoms with Gasteiger partial charge in [-0.25, -0.2) is 4.98 Å². The smallest absolute Gasteiger partial charge is 0.255 e. The van der Waals surface area contributed by atoms with Crippen molar-refractivity contribution in [2.75, 3.05) is 11.4 Å². The van der Waals surface area contributed by atoms with Crippen LogP contribution in [0.4, 0.5) is 5.95 Å². The van der Waals surface area contributed by atoms with E-state index in [1.165, 1.54) is 4.90 Å². The first kappa shape index (κ1) is 11.4. The number of nitrogens with two attached hydrogens (primary N) is 1. The van der Waals surface area contributed by atoms with Crippen molar-refractivity contribution in [2.45, 2.75) is 38.1 Å². The molecular weight excluding hydrogens is 232 g/mol. The van der Waals surface area contributed by atoms with Crippen molar-refractivity contribution in [1.82, 2.24) is 9.97 Å². The summed E-state index contributed by atoms with van der Waals surface area (Å²) in [7, 11) is 0. The van der Waals surface area contributed by atoms with Crippen LogP contribution >= 0.6 is 0 Å². The number of nitrogens with one attached hydrogen (secondary N) is 1. The Balaban J connectivity index is 2.01. The number of anilines is 1. The van der Waals surface area contributed by atoms with Crippen LogP contribution in [0.1, 0.15) is 30.5 Å². The number of fused-ring (bicyclic) bond motifs is 1. The highest BCUT2D eigenvalue weighted by Gasteiger charge is 2.30. The van der Waals surface area contributed by atoms with Gasteiger partial charge in [0.25, 0.3) is 5.56 Å². The average molecular weight is 248 g/mol. The van der Waals surface area contributed by atoms with Gasteiger partial charge in [0.1, 0.15) is 0 Å². The second-order valence-electron chi connectivity index (χ2n) is 4.99. The highest BCUT2D eigenvalue weighted by atomic mass is 16.2. The van der Waals surface area contributed by atoms with Crippen LogP contribution in [-0.4, -0.2) is 28.5 Å². The Morgan fingerprint density at radius 1 is 1.28 bits per heavy atom. The second-order valence-corrected chi connectivity index (χ2v) is 4.99. The fourth-order valence-corrected chi connectivity index (χ4v) is 2.66. The summed E-state index contributed by atoms with van der Waals surface area (Å²) in [5.41, 5.74) is 7.26. The van der Waals surface area contributed by atoms with Gasteiger partial charge < -0.3 is 5.73 Å². The van der Waals surface area contributed by atoms with E-state index < -0.39 is 0 Å². The third-order valence-corrected chi connectivity index (χ3v) is 3.59. The normalized spacial score (nSPS) is 23.3. The number of rotatable bonds is 1. The van der Waals surface area contributed by atoms with E-state index in [-0.39, 0.29) is 17.5 Å². The van der Waals surface area contributed by atoms with Crippen molar-refractivity contribution in [1.29, 1.82) is 0 Å². The lowest BCUT2D eigenvalue weighted by Gasteiger charge is -2.19. The van der Waals surface area contributed by atoms with Gasteiger partial charge in [-0.05, 0) is 25.7 Å². The predicted octanol–water partition coefficient (Wildman–Crippen LogP) is -0.287. The van der Waals surface area contributed by atoms with Gasteiger partial charge in [0.15, 0.2) is 0 Å². The molecule has 1 aliphatic carbocycles. The Bertz CT molecular complexity index is 551. The number of aromatic amines is 1. The van der Waals surface area contributed by atoms with Crippen molar-refractivity contribution in [3.63, 3.8) is 0 Å². The van der Waals surface area contributed by atoms with E-state index in [1.54, 1.807) is 0 Å². The molecule has 0 spiro atoms. The summed E-state index contributed by atoms with van der Waals surface area (Å²) in [5.74, 6) is 0.292. The minimum Gasteiger partial charge on any atom is -0.326 e. The molecule has 6 nitrogen and oxygen atoms in total. The van der Waals surface area contributed by atoms with Crippen molar-refractivity contribution >= 4 is 11.9 Å². The first-order chi connectivity index (χ1) is 8.65. The summed E-state index contributed by atoms with van der Waals surface area (Å²) < 4.78 is 0. The van der Waals surface area contributed by atoms with E-state index >= 15 is 0 Å². The second kappa shape index (κ2) is 4.20. The number of H-pyrrole nitrogens is 1. The molecule has 0 radical (unpaired) electrons. The summed E-state index contributed by atoms with van der Waals surface area (Å²) >= 11 is 0. The first-order valence-electron chi connectivity index (χ1n) is 6.33. The SMILES string of the molecule is NC1CC(=O)N(c2nc3c(c(=O)[nH]2)CCCC3)C1. The van der Waals surface area contributed by atoms with Crippen LogP contribution in [-0.2, 0) is 17.6 Å². The Hall–Kier alpha value is -1.69. The number of nitrogens with zero attached hydrogens (tertiary/aromatic N) is 2. The van der Waals surface area contributed by atoms with Crippen LogP contribution in [0, 0.1) is 0 Å². The van der Waals surface area contributed by atoms with Gasteiger partial charge >= 0.3 is 0 Å². The standard InChI is InChI=1S/C12H16N4O2/c13-7-5-10(17)16(6-7)12-14-9-4-2-1-3-8(9)11(18)15-12/h7H,1-6,13H2,(H,14,15,18). The van der Waals surface area contributed by atoms with Crippen LogP contribution in [0.25, 0.3) is 0 Å². The Kier molecular flexibility index (Phi) is 2.66. The van der Waals surface area contributed by atoms with Crippen LogP contribution in [0.3, 0.4) is 0 Å². The molecule has 3 N–H and O–H groups in total. The molecule has 6 heteroatoms. The molecule has 1 atom stereocenters. The summed E-state index contributed by atoms with van der Waals surface area (Å²) in [4.78, 5) is 32.3. The van der Waals surface area contributed by atoms with Gasteiger partial charge in [-0.3, -0.25) is 19.5 Å². The minimum absolute atomic E-state index is 0.0681. The number of carbonyl (C=O) groups excluding carboxylic acids is 1. The van der Waals surface area contributed by atoms with E-state index in [0.29, 0.717) is 18.9 Å². The lowest BCUT2D eigenvalue weighted by Crippen LogP contribution is -2.33. The summed E-state index contributed by atoms with van der Waals surface area (Å²) in [6.45, 7) is 0.431. The molecule has 0 saturated carbocycles. The van der Waals surface area contributed by atoms with E-state index in [0.717, 1.165) is 36.9 Å². The summed E-state index contributed by atoms with van der Waals surface area (Å²) in [6, 6.07) is -0.168. The number of amides is 1. The molecule has 96 valence electrons. The van der Waals surface area contributed by atoms with Crippen molar-refractivity contribution in [3.05, 3.63) is 21.6 Å². The highest BCUT2D eigenvalue weighted by Crippen LogP contribution is 2.20. The number of aromatic nitrogens is 2. The molecule has 2 heterocycles. The zero-order valence-corrected chi connectivity index (χ0v) is 10.1. The molecule has 1 unspecified atom stereocenters. The molecule has 18 heavy (non-hydrogen) atoms. The minimum atomic E-state index is -0.168. The van der Waals surface area contributed by atoms with E-state index in [4.69, 9.17) is 5.73 Å². The predicted molar refractivity (Wildman–Crippen MR) is 66.4 cm³/mol. The van der Waals surface area contributed by atoms with E-state index in [9.17, 15) is 9.59 Å². The number of hydrogen-bond acceptors (Lipinski definition) is 4. The zero-order valence-electron chi connectivity index (χ0n) is 10.1. The van der Waals surface area contributed by atoms with Gasteiger partial charge in [-0.1, -0.05) is 0 Å². The Morgan fingerprint density at radius 3 is 2.78 bits per heavy atom. The van der Waals surface area contributed by atoms with Crippen molar-refractivity contribution < 1.29 is 4.79 Å². The van der Waals surface area contributed by atoms with E-state index in [1.807, 2.05) is 0 Å². The molecule has 1 saturated heterocycles. The molecule has 1 aromatic heterocycles. The number of hydrogen-bond donors (Lipinski definition) is 2. The molecule has 1 aliphatic heterocycles.